The lowest BCUT2D eigenvalue weighted by molar-refractivity contribution is -0.148. The predicted molar refractivity (Wildman–Crippen MR) is 88.5 cm³/mol. The quantitative estimate of drug-likeness (QED) is 0.640. The van der Waals surface area contributed by atoms with Crippen molar-refractivity contribution in [2.24, 2.45) is 11.7 Å². The third-order valence-corrected chi connectivity index (χ3v) is 5.67. The second-order valence-corrected chi connectivity index (χ2v) is 7.07. The molecule has 5 heteroatoms. The molecular formula is C16H22ClNO2S. The van der Waals surface area contributed by atoms with E-state index in [-0.39, 0.29) is 11.9 Å². The largest absolute Gasteiger partial charge is 0.468 e. The highest BCUT2D eigenvalue weighted by atomic mass is 35.5. The SMILES string of the molecule is COC(=O)C1(N)CCCC1CCSCc1ccccc1Cl. The van der Waals surface area contributed by atoms with E-state index in [1.807, 2.05) is 36.0 Å². The number of halogens is 1. The molecular weight excluding hydrogens is 306 g/mol. The summed E-state index contributed by atoms with van der Waals surface area (Å²) in [6.45, 7) is 0. The van der Waals surface area contributed by atoms with Crippen LogP contribution in [0.25, 0.3) is 0 Å². The van der Waals surface area contributed by atoms with Gasteiger partial charge >= 0.3 is 5.97 Å². The molecule has 2 rings (SSSR count). The molecule has 3 nitrogen and oxygen atoms in total. The molecule has 0 aliphatic heterocycles. The molecule has 0 bridgehead atoms. The average Bonchev–Trinajstić information content (AvgIpc) is 2.87. The highest BCUT2D eigenvalue weighted by Crippen LogP contribution is 2.37. The Hall–Kier alpha value is -0.710. The van der Waals surface area contributed by atoms with Crippen LogP contribution in [0.3, 0.4) is 0 Å². The Labute approximate surface area is 135 Å². The highest BCUT2D eigenvalue weighted by Gasteiger charge is 2.46. The average molecular weight is 328 g/mol. The van der Waals surface area contributed by atoms with E-state index in [1.54, 1.807) is 0 Å². The van der Waals surface area contributed by atoms with Crippen LogP contribution in [0.1, 0.15) is 31.2 Å². The van der Waals surface area contributed by atoms with Crippen LogP contribution in [-0.2, 0) is 15.3 Å². The molecule has 0 spiro atoms. The van der Waals surface area contributed by atoms with Gasteiger partial charge in [-0.15, -0.1) is 0 Å². The number of carbonyl (C=O) groups excluding carboxylic acids is 1. The van der Waals surface area contributed by atoms with Gasteiger partial charge in [-0.25, -0.2) is 0 Å². The number of ether oxygens (including phenoxy) is 1. The molecule has 1 aliphatic carbocycles. The van der Waals surface area contributed by atoms with E-state index in [0.29, 0.717) is 0 Å². The normalized spacial score (nSPS) is 25.0. The summed E-state index contributed by atoms with van der Waals surface area (Å²) in [6.07, 6.45) is 3.70. The number of rotatable bonds is 6. The van der Waals surface area contributed by atoms with Gasteiger partial charge in [0.05, 0.1) is 7.11 Å². The molecule has 0 heterocycles. The van der Waals surface area contributed by atoms with Crippen molar-refractivity contribution in [1.29, 1.82) is 0 Å². The van der Waals surface area contributed by atoms with Gasteiger partial charge in [0.1, 0.15) is 5.54 Å². The molecule has 0 saturated heterocycles. The van der Waals surface area contributed by atoms with Crippen molar-refractivity contribution in [2.45, 2.75) is 37.0 Å². The molecule has 0 radical (unpaired) electrons. The third kappa shape index (κ3) is 3.93. The van der Waals surface area contributed by atoms with Crippen molar-refractivity contribution in [3.8, 4) is 0 Å². The van der Waals surface area contributed by atoms with Crippen LogP contribution in [0.5, 0.6) is 0 Å². The second-order valence-electron chi connectivity index (χ2n) is 5.55. The number of methoxy groups -OCH3 is 1. The zero-order chi connectivity index (χ0) is 15.3. The zero-order valence-corrected chi connectivity index (χ0v) is 13.9. The lowest BCUT2D eigenvalue weighted by atomic mass is 9.86. The lowest BCUT2D eigenvalue weighted by Gasteiger charge is -2.28. The first-order chi connectivity index (χ1) is 10.1. The van der Waals surface area contributed by atoms with Gasteiger partial charge in [-0.1, -0.05) is 36.2 Å². The lowest BCUT2D eigenvalue weighted by Crippen LogP contribution is -2.51. The molecule has 0 aromatic heterocycles. The van der Waals surface area contributed by atoms with Gasteiger partial charge in [0.2, 0.25) is 0 Å². The molecule has 2 unspecified atom stereocenters. The summed E-state index contributed by atoms with van der Waals surface area (Å²) >= 11 is 7.98. The molecule has 2 N–H and O–H groups in total. The van der Waals surface area contributed by atoms with Crippen molar-refractivity contribution in [2.75, 3.05) is 12.9 Å². The van der Waals surface area contributed by atoms with Gasteiger partial charge in [-0.2, -0.15) is 11.8 Å². The van der Waals surface area contributed by atoms with Crippen molar-refractivity contribution in [1.82, 2.24) is 0 Å². The summed E-state index contributed by atoms with van der Waals surface area (Å²) in [5, 5.41) is 0.814. The summed E-state index contributed by atoms with van der Waals surface area (Å²) in [5.74, 6) is 1.83. The number of benzene rings is 1. The van der Waals surface area contributed by atoms with Gasteiger partial charge in [-0.3, -0.25) is 4.79 Å². The maximum atomic E-state index is 11.9. The Morgan fingerprint density at radius 2 is 2.29 bits per heavy atom. The summed E-state index contributed by atoms with van der Waals surface area (Å²) < 4.78 is 4.87. The Balaban J connectivity index is 1.81. The number of nitrogens with two attached hydrogens (primary N) is 1. The fourth-order valence-electron chi connectivity index (χ4n) is 2.99. The van der Waals surface area contributed by atoms with Gasteiger partial charge in [0.15, 0.2) is 0 Å². The monoisotopic (exact) mass is 327 g/mol. The molecule has 0 amide bonds. The second kappa shape index (κ2) is 7.52. The first-order valence-corrected chi connectivity index (χ1v) is 8.79. The summed E-state index contributed by atoms with van der Waals surface area (Å²) in [4.78, 5) is 11.9. The van der Waals surface area contributed by atoms with Gasteiger partial charge in [0, 0.05) is 10.8 Å². The topological polar surface area (TPSA) is 52.3 Å². The van der Waals surface area contributed by atoms with Crippen LogP contribution in [0.4, 0.5) is 0 Å². The minimum atomic E-state index is -0.778. The molecule has 116 valence electrons. The van der Waals surface area contributed by atoms with Gasteiger partial charge in [0.25, 0.3) is 0 Å². The van der Waals surface area contributed by atoms with Gasteiger partial charge in [-0.05, 0) is 42.6 Å². The Kier molecular flexibility index (Phi) is 5.97. The molecule has 1 fully saturated rings. The van der Waals surface area contributed by atoms with Crippen molar-refractivity contribution in [3.63, 3.8) is 0 Å². The number of hydrogen-bond donors (Lipinski definition) is 1. The molecule has 1 aromatic carbocycles. The standard InChI is InChI=1S/C16H22ClNO2S/c1-20-15(19)16(18)9-4-6-13(16)8-10-21-11-12-5-2-3-7-14(12)17/h2-3,5,7,13H,4,6,8-11,18H2,1H3. The fourth-order valence-corrected chi connectivity index (χ4v) is 4.34. The molecule has 1 saturated carbocycles. The smallest absolute Gasteiger partial charge is 0.326 e. The summed E-state index contributed by atoms with van der Waals surface area (Å²) in [5.41, 5.74) is 6.65. The first kappa shape index (κ1) is 16.7. The summed E-state index contributed by atoms with van der Waals surface area (Å²) in [6, 6.07) is 7.90. The molecule has 21 heavy (non-hydrogen) atoms. The van der Waals surface area contributed by atoms with Crippen LogP contribution in [0, 0.1) is 5.92 Å². The van der Waals surface area contributed by atoms with Crippen LogP contribution in [0.2, 0.25) is 5.02 Å². The predicted octanol–water partition coefficient (Wildman–Crippen LogP) is 3.63. The first-order valence-electron chi connectivity index (χ1n) is 7.26. The number of carbonyl (C=O) groups is 1. The zero-order valence-electron chi connectivity index (χ0n) is 12.3. The number of hydrogen-bond acceptors (Lipinski definition) is 4. The summed E-state index contributed by atoms with van der Waals surface area (Å²) in [7, 11) is 1.42. The van der Waals surface area contributed by atoms with E-state index in [2.05, 4.69) is 0 Å². The van der Waals surface area contributed by atoms with E-state index in [4.69, 9.17) is 22.1 Å². The van der Waals surface area contributed by atoms with Crippen LogP contribution in [0.15, 0.2) is 24.3 Å². The Morgan fingerprint density at radius 3 is 3.00 bits per heavy atom. The Bertz CT molecular complexity index is 497. The van der Waals surface area contributed by atoms with Crippen LogP contribution >= 0.6 is 23.4 Å². The van der Waals surface area contributed by atoms with Gasteiger partial charge < -0.3 is 10.5 Å². The van der Waals surface area contributed by atoms with E-state index in [9.17, 15) is 4.79 Å². The Morgan fingerprint density at radius 1 is 1.52 bits per heavy atom. The molecule has 2 atom stereocenters. The van der Waals surface area contributed by atoms with Crippen molar-refractivity contribution < 1.29 is 9.53 Å². The van der Waals surface area contributed by atoms with Crippen molar-refractivity contribution in [3.05, 3.63) is 34.9 Å². The highest BCUT2D eigenvalue weighted by molar-refractivity contribution is 7.98. The molecule has 1 aromatic rings. The third-order valence-electron chi connectivity index (χ3n) is 4.26. The fraction of sp³-hybridized carbons (Fsp3) is 0.562. The number of thioether (sulfide) groups is 1. The van der Waals surface area contributed by atoms with E-state index >= 15 is 0 Å². The number of esters is 1. The minimum Gasteiger partial charge on any atom is -0.468 e. The van der Waals surface area contributed by atoms with E-state index in [0.717, 1.165) is 47.8 Å². The van der Waals surface area contributed by atoms with E-state index in [1.165, 1.54) is 7.11 Å². The minimum absolute atomic E-state index is 0.226. The maximum absolute atomic E-state index is 11.9. The molecule has 1 aliphatic rings. The van der Waals surface area contributed by atoms with E-state index < -0.39 is 5.54 Å². The van der Waals surface area contributed by atoms with Crippen molar-refractivity contribution >= 4 is 29.3 Å². The van der Waals surface area contributed by atoms with Crippen LogP contribution < -0.4 is 5.73 Å². The van der Waals surface area contributed by atoms with Crippen LogP contribution in [-0.4, -0.2) is 24.4 Å². The maximum Gasteiger partial charge on any atom is 0.326 e.